The van der Waals surface area contributed by atoms with Crippen LogP contribution < -0.4 is 5.32 Å². The second kappa shape index (κ2) is 7.74. The maximum Gasteiger partial charge on any atom is 0.0451 e. The number of halogens is 1. The summed E-state index contributed by atoms with van der Waals surface area (Å²) >= 11 is 3.60. The predicted molar refractivity (Wildman–Crippen MR) is 93.5 cm³/mol. The Kier molecular flexibility index (Phi) is 5.97. The van der Waals surface area contributed by atoms with Crippen LogP contribution in [0.3, 0.4) is 0 Å². The molecule has 0 aliphatic rings. The molecule has 1 unspecified atom stereocenters. The summed E-state index contributed by atoms with van der Waals surface area (Å²) in [6.07, 6.45) is 0. The van der Waals surface area contributed by atoms with E-state index in [1.165, 1.54) is 21.2 Å². The fraction of sp³-hybridized carbons (Fsp3) is 0.333. The molecule has 1 N–H and O–H groups in total. The zero-order valence-corrected chi connectivity index (χ0v) is 14.5. The maximum atomic E-state index is 3.67. The predicted octanol–water partition coefficient (Wildman–Crippen LogP) is 4.15. The van der Waals surface area contributed by atoms with E-state index in [0.29, 0.717) is 6.04 Å². The molecule has 1 atom stereocenters. The van der Waals surface area contributed by atoms with Crippen molar-refractivity contribution in [3.05, 3.63) is 69.7 Å². The minimum atomic E-state index is 0.335. The molecule has 3 heteroatoms. The molecule has 112 valence electrons. The van der Waals surface area contributed by atoms with Crippen molar-refractivity contribution in [3.8, 4) is 0 Å². The highest BCUT2D eigenvalue weighted by molar-refractivity contribution is 9.10. The number of nitrogens with zero attached hydrogens (tertiary/aromatic N) is 1. The van der Waals surface area contributed by atoms with Crippen LogP contribution in [-0.2, 0) is 6.54 Å². The van der Waals surface area contributed by atoms with Crippen LogP contribution in [0, 0.1) is 6.92 Å². The van der Waals surface area contributed by atoms with E-state index in [2.05, 4.69) is 95.7 Å². The SMILES string of the molecule is Cc1ccc(CNC(CN(C)C)c2ccccc2)cc1Br. The first-order valence-corrected chi connectivity index (χ1v) is 8.03. The third kappa shape index (κ3) is 4.95. The molecule has 0 saturated heterocycles. The van der Waals surface area contributed by atoms with Gasteiger partial charge in [-0.05, 0) is 43.8 Å². The van der Waals surface area contributed by atoms with Crippen LogP contribution in [0.15, 0.2) is 53.0 Å². The Morgan fingerprint density at radius 3 is 2.43 bits per heavy atom. The highest BCUT2D eigenvalue weighted by Crippen LogP contribution is 2.19. The normalized spacial score (nSPS) is 12.6. The minimum Gasteiger partial charge on any atom is -0.308 e. The van der Waals surface area contributed by atoms with Crippen LogP contribution in [0.2, 0.25) is 0 Å². The van der Waals surface area contributed by atoms with Gasteiger partial charge in [0.05, 0.1) is 0 Å². The summed E-state index contributed by atoms with van der Waals surface area (Å²) in [6, 6.07) is 17.5. The molecule has 2 aromatic carbocycles. The van der Waals surface area contributed by atoms with Gasteiger partial charge in [0.2, 0.25) is 0 Å². The van der Waals surface area contributed by atoms with Gasteiger partial charge < -0.3 is 10.2 Å². The molecule has 2 aromatic rings. The van der Waals surface area contributed by atoms with Crippen LogP contribution in [0.5, 0.6) is 0 Å². The van der Waals surface area contributed by atoms with Gasteiger partial charge in [-0.2, -0.15) is 0 Å². The van der Waals surface area contributed by atoms with E-state index in [1.54, 1.807) is 0 Å². The van der Waals surface area contributed by atoms with Crippen molar-refractivity contribution in [3.63, 3.8) is 0 Å². The molecule has 0 bridgehead atoms. The molecule has 0 aromatic heterocycles. The van der Waals surface area contributed by atoms with Gasteiger partial charge in [-0.25, -0.2) is 0 Å². The maximum absolute atomic E-state index is 3.67. The fourth-order valence-electron chi connectivity index (χ4n) is 2.33. The first-order chi connectivity index (χ1) is 10.1. The van der Waals surface area contributed by atoms with E-state index in [0.717, 1.165) is 13.1 Å². The van der Waals surface area contributed by atoms with Crippen LogP contribution in [0.4, 0.5) is 0 Å². The minimum absolute atomic E-state index is 0.335. The molecule has 0 spiro atoms. The molecular weight excluding hydrogens is 324 g/mol. The molecular formula is C18H23BrN2. The largest absolute Gasteiger partial charge is 0.308 e. The highest BCUT2D eigenvalue weighted by atomic mass is 79.9. The van der Waals surface area contributed by atoms with E-state index < -0.39 is 0 Å². The van der Waals surface area contributed by atoms with Crippen molar-refractivity contribution in [2.24, 2.45) is 0 Å². The number of hydrogen-bond acceptors (Lipinski definition) is 2. The van der Waals surface area contributed by atoms with Crippen molar-refractivity contribution in [2.75, 3.05) is 20.6 Å². The summed E-state index contributed by atoms with van der Waals surface area (Å²) in [5.74, 6) is 0. The number of likely N-dealkylation sites (N-methyl/N-ethyl adjacent to an activating group) is 1. The van der Waals surface area contributed by atoms with Gasteiger partial charge in [-0.3, -0.25) is 0 Å². The Morgan fingerprint density at radius 2 is 1.81 bits per heavy atom. The lowest BCUT2D eigenvalue weighted by molar-refractivity contribution is 0.340. The number of rotatable bonds is 6. The summed E-state index contributed by atoms with van der Waals surface area (Å²) < 4.78 is 1.17. The lowest BCUT2D eigenvalue weighted by Gasteiger charge is -2.23. The van der Waals surface area contributed by atoms with Crippen LogP contribution in [0.25, 0.3) is 0 Å². The zero-order valence-electron chi connectivity index (χ0n) is 12.9. The van der Waals surface area contributed by atoms with Crippen molar-refractivity contribution in [2.45, 2.75) is 19.5 Å². The van der Waals surface area contributed by atoms with Gasteiger partial charge in [-0.1, -0.05) is 58.4 Å². The van der Waals surface area contributed by atoms with E-state index in [-0.39, 0.29) is 0 Å². The molecule has 0 radical (unpaired) electrons. The Balaban J connectivity index is 2.07. The second-order valence-corrected chi connectivity index (χ2v) is 6.54. The van der Waals surface area contributed by atoms with E-state index >= 15 is 0 Å². The lowest BCUT2D eigenvalue weighted by atomic mass is 10.1. The Labute approximate surface area is 136 Å². The molecule has 0 aliphatic heterocycles. The first kappa shape index (κ1) is 16.2. The van der Waals surface area contributed by atoms with Crippen molar-refractivity contribution in [1.82, 2.24) is 10.2 Å². The number of nitrogens with one attached hydrogen (secondary N) is 1. The standard InChI is InChI=1S/C18H23BrN2/c1-14-9-10-15(11-17(14)19)12-20-18(13-21(2)3)16-7-5-4-6-8-16/h4-11,18,20H,12-13H2,1-3H3. The van der Waals surface area contributed by atoms with E-state index in [9.17, 15) is 0 Å². The Hall–Kier alpha value is -1.16. The second-order valence-electron chi connectivity index (χ2n) is 5.69. The first-order valence-electron chi connectivity index (χ1n) is 7.24. The molecule has 21 heavy (non-hydrogen) atoms. The summed E-state index contributed by atoms with van der Waals surface area (Å²) in [5.41, 5.74) is 3.90. The van der Waals surface area contributed by atoms with Crippen LogP contribution in [0.1, 0.15) is 22.7 Å². The number of hydrogen-bond donors (Lipinski definition) is 1. The van der Waals surface area contributed by atoms with Crippen LogP contribution >= 0.6 is 15.9 Å². The average molecular weight is 347 g/mol. The summed E-state index contributed by atoms with van der Waals surface area (Å²) in [6.45, 7) is 3.96. The summed E-state index contributed by atoms with van der Waals surface area (Å²) in [4.78, 5) is 2.22. The van der Waals surface area contributed by atoms with Gasteiger partial charge in [0, 0.05) is 23.6 Å². The van der Waals surface area contributed by atoms with Gasteiger partial charge in [0.15, 0.2) is 0 Å². The molecule has 0 fully saturated rings. The topological polar surface area (TPSA) is 15.3 Å². The van der Waals surface area contributed by atoms with Gasteiger partial charge in [0.1, 0.15) is 0 Å². The van der Waals surface area contributed by atoms with Crippen molar-refractivity contribution < 1.29 is 0 Å². The monoisotopic (exact) mass is 346 g/mol. The third-order valence-corrected chi connectivity index (χ3v) is 4.39. The Bertz CT molecular complexity index is 567. The van der Waals surface area contributed by atoms with Gasteiger partial charge >= 0.3 is 0 Å². The molecule has 0 saturated carbocycles. The van der Waals surface area contributed by atoms with Crippen LogP contribution in [-0.4, -0.2) is 25.5 Å². The van der Waals surface area contributed by atoms with Crippen molar-refractivity contribution >= 4 is 15.9 Å². The fourth-order valence-corrected chi connectivity index (χ4v) is 2.75. The summed E-state index contributed by atoms with van der Waals surface area (Å²) in [7, 11) is 4.22. The third-order valence-electron chi connectivity index (χ3n) is 3.54. The number of aryl methyl sites for hydroxylation is 1. The summed E-state index contributed by atoms with van der Waals surface area (Å²) in [5, 5.41) is 3.67. The number of benzene rings is 2. The molecule has 2 nitrogen and oxygen atoms in total. The van der Waals surface area contributed by atoms with E-state index in [4.69, 9.17) is 0 Å². The molecule has 0 heterocycles. The quantitative estimate of drug-likeness (QED) is 0.845. The van der Waals surface area contributed by atoms with Gasteiger partial charge in [0.25, 0.3) is 0 Å². The molecule has 2 rings (SSSR count). The molecule has 0 aliphatic carbocycles. The van der Waals surface area contributed by atoms with E-state index in [1.807, 2.05) is 0 Å². The Morgan fingerprint density at radius 1 is 1.10 bits per heavy atom. The zero-order chi connectivity index (χ0) is 15.2. The average Bonchev–Trinajstić information content (AvgIpc) is 2.47. The smallest absolute Gasteiger partial charge is 0.0451 e. The highest BCUT2D eigenvalue weighted by Gasteiger charge is 2.11. The van der Waals surface area contributed by atoms with Crippen molar-refractivity contribution in [1.29, 1.82) is 0 Å². The molecule has 0 amide bonds. The lowest BCUT2D eigenvalue weighted by Crippen LogP contribution is -2.30. The van der Waals surface area contributed by atoms with Gasteiger partial charge in [-0.15, -0.1) is 0 Å².